The van der Waals surface area contributed by atoms with Gasteiger partial charge in [-0.05, 0) is 42.3 Å². The van der Waals surface area contributed by atoms with Crippen LogP contribution in [0, 0.1) is 0 Å². The number of allylic oxidation sites excluding steroid dienone is 1. The van der Waals surface area contributed by atoms with Crippen LogP contribution in [0.1, 0.15) is 12.5 Å². The zero-order valence-electron chi connectivity index (χ0n) is 12.8. The summed E-state index contributed by atoms with van der Waals surface area (Å²) >= 11 is 0. The molecule has 0 saturated heterocycles. The van der Waals surface area contributed by atoms with Gasteiger partial charge in [-0.3, -0.25) is 4.72 Å². The molecule has 0 saturated carbocycles. The topological polar surface area (TPSA) is 72.5 Å². The van der Waals surface area contributed by atoms with Crippen molar-refractivity contribution in [2.75, 3.05) is 11.0 Å². The monoisotopic (exact) mass is 331 g/mol. The molecule has 0 atom stereocenters. The van der Waals surface area contributed by atoms with Crippen LogP contribution in [0.3, 0.4) is 0 Å². The molecule has 0 bridgehead atoms. The lowest BCUT2D eigenvalue weighted by atomic mass is 10.1. The molecule has 0 aliphatic carbocycles. The van der Waals surface area contributed by atoms with Crippen LogP contribution in [0.5, 0.6) is 5.75 Å². The highest BCUT2D eigenvalue weighted by molar-refractivity contribution is 7.92. The molecule has 1 N–H and O–H groups in total. The predicted molar refractivity (Wildman–Crippen MR) is 90.6 cm³/mol. The van der Waals surface area contributed by atoms with Crippen molar-refractivity contribution < 1.29 is 17.9 Å². The number of hydrogen-bond donors (Lipinski definition) is 1. The summed E-state index contributed by atoms with van der Waals surface area (Å²) in [5.74, 6) is -0.152. The number of esters is 1. The van der Waals surface area contributed by atoms with Gasteiger partial charge in [0.15, 0.2) is 0 Å². The van der Waals surface area contributed by atoms with Gasteiger partial charge in [0.25, 0.3) is 0 Å². The molecule has 0 aromatic heterocycles. The lowest BCUT2D eigenvalue weighted by Crippen LogP contribution is -2.09. The van der Waals surface area contributed by atoms with E-state index >= 15 is 0 Å². The zero-order valence-corrected chi connectivity index (χ0v) is 13.6. The van der Waals surface area contributed by atoms with Crippen molar-refractivity contribution in [3.05, 3.63) is 66.2 Å². The third-order valence-corrected chi connectivity index (χ3v) is 3.55. The molecule has 0 amide bonds. The van der Waals surface area contributed by atoms with Gasteiger partial charge in [0, 0.05) is 11.8 Å². The van der Waals surface area contributed by atoms with Crippen LogP contribution in [0.15, 0.2) is 60.7 Å². The van der Waals surface area contributed by atoms with E-state index in [0.717, 1.165) is 17.4 Å². The molecule has 0 aliphatic rings. The summed E-state index contributed by atoms with van der Waals surface area (Å²) in [6.07, 6.45) is 2.48. The number of nitrogens with one attached hydrogen (secondary N) is 1. The molecule has 0 unspecified atom stereocenters. The Hall–Kier alpha value is -2.60. The first-order chi connectivity index (χ1) is 10.8. The molecular weight excluding hydrogens is 314 g/mol. The van der Waals surface area contributed by atoms with Gasteiger partial charge in [-0.2, -0.15) is 0 Å². The van der Waals surface area contributed by atoms with Crippen LogP contribution >= 0.6 is 0 Å². The van der Waals surface area contributed by atoms with Crippen molar-refractivity contribution in [3.8, 4) is 5.75 Å². The number of hydrogen-bond acceptors (Lipinski definition) is 4. The lowest BCUT2D eigenvalue weighted by Gasteiger charge is -2.06. The Kier molecular flexibility index (Phi) is 5.18. The fourth-order valence-electron chi connectivity index (χ4n) is 1.91. The SMILES string of the molecule is CC(=CC(=O)Oc1ccc(NS(C)(=O)=O)cc1)c1ccccc1. The van der Waals surface area contributed by atoms with E-state index in [0.29, 0.717) is 11.4 Å². The molecule has 5 nitrogen and oxygen atoms in total. The summed E-state index contributed by atoms with van der Waals surface area (Å²) in [5, 5.41) is 0. The van der Waals surface area contributed by atoms with E-state index < -0.39 is 16.0 Å². The molecule has 0 spiro atoms. The van der Waals surface area contributed by atoms with Crippen LogP contribution in [-0.4, -0.2) is 20.6 Å². The average Bonchev–Trinajstić information content (AvgIpc) is 2.48. The van der Waals surface area contributed by atoms with Gasteiger partial charge >= 0.3 is 5.97 Å². The summed E-state index contributed by atoms with van der Waals surface area (Å²) in [6, 6.07) is 15.6. The van der Waals surface area contributed by atoms with E-state index in [1.807, 2.05) is 37.3 Å². The standard InChI is InChI=1S/C17H17NO4S/c1-13(14-6-4-3-5-7-14)12-17(19)22-16-10-8-15(9-11-16)18-23(2,20)21/h3-12,18H,1-2H3. The molecule has 2 aromatic rings. The van der Waals surface area contributed by atoms with E-state index in [1.54, 1.807) is 0 Å². The Balaban J connectivity index is 2.03. The number of ether oxygens (including phenoxy) is 1. The van der Waals surface area contributed by atoms with E-state index in [4.69, 9.17) is 4.74 Å². The van der Waals surface area contributed by atoms with E-state index in [2.05, 4.69) is 4.72 Å². The van der Waals surface area contributed by atoms with Gasteiger partial charge in [-0.25, -0.2) is 13.2 Å². The minimum Gasteiger partial charge on any atom is -0.423 e. The van der Waals surface area contributed by atoms with Crippen LogP contribution in [0.4, 0.5) is 5.69 Å². The quantitative estimate of drug-likeness (QED) is 0.519. The maximum atomic E-state index is 11.9. The zero-order chi connectivity index (χ0) is 16.9. The Bertz CT molecular complexity index is 809. The molecule has 6 heteroatoms. The highest BCUT2D eigenvalue weighted by Gasteiger charge is 2.05. The first-order valence-corrected chi connectivity index (χ1v) is 8.76. The Morgan fingerprint density at radius 1 is 1.04 bits per heavy atom. The van der Waals surface area contributed by atoms with Gasteiger partial charge in [0.05, 0.1) is 6.26 Å². The molecule has 0 fully saturated rings. The summed E-state index contributed by atoms with van der Waals surface area (Å²) < 4.78 is 29.8. The van der Waals surface area contributed by atoms with Gasteiger partial charge in [-0.1, -0.05) is 30.3 Å². The molecule has 120 valence electrons. The number of sulfonamides is 1. The van der Waals surface area contributed by atoms with Crippen molar-refractivity contribution in [2.24, 2.45) is 0 Å². The van der Waals surface area contributed by atoms with Crippen molar-refractivity contribution in [3.63, 3.8) is 0 Å². The largest absolute Gasteiger partial charge is 0.423 e. The summed E-state index contributed by atoms with van der Waals surface area (Å²) in [7, 11) is -3.33. The normalized spacial score (nSPS) is 11.8. The van der Waals surface area contributed by atoms with Crippen LogP contribution < -0.4 is 9.46 Å². The number of carbonyl (C=O) groups excluding carboxylic acids is 1. The fraction of sp³-hybridized carbons (Fsp3) is 0.118. The molecule has 0 radical (unpaired) electrons. The molecule has 23 heavy (non-hydrogen) atoms. The molecule has 0 aliphatic heterocycles. The van der Waals surface area contributed by atoms with Crippen molar-refractivity contribution in [1.29, 1.82) is 0 Å². The highest BCUT2D eigenvalue weighted by Crippen LogP contribution is 2.18. The summed E-state index contributed by atoms with van der Waals surface area (Å²) in [5.41, 5.74) is 2.14. The number of rotatable bonds is 5. The Morgan fingerprint density at radius 3 is 2.22 bits per heavy atom. The highest BCUT2D eigenvalue weighted by atomic mass is 32.2. The number of carbonyl (C=O) groups is 1. The van der Waals surface area contributed by atoms with Crippen LogP contribution in [0.25, 0.3) is 5.57 Å². The Morgan fingerprint density at radius 2 is 1.65 bits per heavy atom. The smallest absolute Gasteiger partial charge is 0.336 e. The summed E-state index contributed by atoms with van der Waals surface area (Å²) in [4.78, 5) is 11.9. The molecule has 2 aromatic carbocycles. The van der Waals surface area contributed by atoms with Gasteiger partial charge in [0.1, 0.15) is 5.75 Å². The molecule has 0 heterocycles. The molecular formula is C17H17NO4S. The minimum absolute atomic E-state index is 0.339. The van der Waals surface area contributed by atoms with Crippen LogP contribution in [-0.2, 0) is 14.8 Å². The third kappa shape index (κ3) is 5.60. The molecule has 2 rings (SSSR count). The van der Waals surface area contributed by atoms with Crippen molar-refractivity contribution in [2.45, 2.75) is 6.92 Å². The first kappa shape index (κ1) is 16.8. The van der Waals surface area contributed by atoms with E-state index in [9.17, 15) is 13.2 Å². The maximum Gasteiger partial charge on any atom is 0.336 e. The summed E-state index contributed by atoms with van der Waals surface area (Å²) in [6.45, 7) is 1.83. The van der Waals surface area contributed by atoms with Gasteiger partial charge in [0.2, 0.25) is 10.0 Å². The predicted octanol–water partition coefficient (Wildman–Crippen LogP) is 3.07. The van der Waals surface area contributed by atoms with Crippen LogP contribution in [0.2, 0.25) is 0 Å². The number of anilines is 1. The first-order valence-electron chi connectivity index (χ1n) is 6.87. The van der Waals surface area contributed by atoms with E-state index in [-0.39, 0.29) is 0 Å². The third-order valence-electron chi connectivity index (χ3n) is 2.94. The maximum absolute atomic E-state index is 11.9. The second-order valence-corrected chi connectivity index (χ2v) is 6.76. The van der Waals surface area contributed by atoms with Crippen molar-refractivity contribution >= 4 is 27.3 Å². The van der Waals surface area contributed by atoms with E-state index in [1.165, 1.54) is 30.3 Å². The average molecular weight is 331 g/mol. The Labute approximate surface area is 135 Å². The van der Waals surface area contributed by atoms with Crippen molar-refractivity contribution in [1.82, 2.24) is 0 Å². The minimum atomic E-state index is -3.33. The number of benzene rings is 2. The fourth-order valence-corrected chi connectivity index (χ4v) is 2.48. The van der Waals surface area contributed by atoms with Gasteiger partial charge in [-0.15, -0.1) is 0 Å². The second-order valence-electron chi connectivity index (χ2n) is 5.01. The lowest BCUT2D eigenvalue weighted by molar-refractivity contribution is -0.128. The van der Waals surface area contributed by atoms with Gasteiger partial charge < -0.3 is 4.74 Å². The second kappa shape index (κ2) is 7.11.